The first kappa shape index (κ1) is 36.2. The minimum atomic E-state index is -5.02. The first-order chi connectivity index (χ1) is 22.5. The maximum absolute atomic E-state index is 13.2. The Morgan fingerprint density at radius 1 is 1.25 bits per heavy atom. The number of rotatable bonds is 15. The quantitative estimate of drug-likeness (QED) is 0.0461. The molecule has 3 aromatic rings. The van der Waals surface area contributed by atoms with Crippen molar-refractivity contribution in [2.24, 2.45) is 17.9 Å². The number of nitrogens with zero attached hydrogens (tertiary/aromatic N) is 5. The molecule has 0 radical (unpaired) electrons. The Balaban J connectivity index is 1.48. The number of nitrogens with two attached hydrogens (primary N) is 2. The Bertz CT molecular complexity index is 1840. The van der Waals surface area contributed by atoms with Gasteiger partial charge < -0.3 is 31.5 Å². The van der Waals surface area contributed by atoms with Crippen LogP contribution in [0.3, 0.4) is 0 Å². The summed E-state index contributed by atoms with van der Waals surface area (Å²) in [4.78, 5) is 47.0. The molecule has 7 N–H and O–H groups in total. The fourth-order valence-electron chi connectivity index (χ4n) is 5.11. The lowest BCUT2D eigenvalue weighted by Gasteiger charge is -2.50. The first-order valence-electron chi connectivity index (χ1n) is 14.5. The maximum atomic E-state index is 13.2. The van der Waals surface area contributed by atoms with Gasteiger partial charge >= 0.3 is 16.4 Å². The van der Waals surface area contributed by atoms with Gasteiger partial charge in [-0.2, -0.15) is 18.2 Å². The number of hydrogen-bond donors (Lipinski definition) is 5. The van der Waals surface area contributed by atoms with Crippen molar-refractivity contribution in [1.82, 2.24) is 20.0 Å². The second-order valence-corrected chi connectivity index (χ2v) is 13.2. The minimum absolute atomic E-state index is 0.0612. The number of carboxylic acid groups (broad SMARTS) is 1. The van der Waals surface area contributed by atoms with Crippen molar-refractivity contribution < 1.29 is 51.0 Å². The summed E-state index contributed by atoms with van der Waals surface area (Å²) in [6.07, 6.45) is -0.841. The number of carboxylic acids is 1. The van der Waals surface area contributed by atoms with Crippen molar-refractivity contribution in [3.63, 3.8) is 0 Å². The second kappa shape index (κ2) is 14.2. The monoisotopic (exact) mass is 709 g/mol. The van der Waals surface area contributed by atoms with Crippen LogP contribution in [0.1, 0.15) is 37.4 Å². The Morgan fingerprint density at radius 3 is 2.46 bits per heavy atom. The SMILES string of the molecule is Cc1c(-c2ccc(OCC(ON=C(C(=O)NC3C(=O)N(OS(=O)(=O)O)C3(C)C)c3csc(N)n3)C(=O)O)cc2)c(C)[n+](C)n1CCCN. The maximum Gasteiger partial charge on any atom is 0.418 e. The molecule has 0 bridgehead atoms. The van der Waals surface area contributed by atoms with E-state index in [1.165, 1.54) is 19.2 Å². The van der Waals surface area contributed by atoms with E-state index in [0.717, 1.165) is 46.8 Å². The highest BCUT2D eigenvalue weighted by Gasteiger charge is 2.58. The minimum Gasteiger partial charge on any atom is -0.489 e. The lowest BCUT2D eigenvalue weighted by atomic mass is 9.84. The lowest BCUT2D eigenvalue weighted by molar-refractivity contribution is -0.759. The highest BCUT2D eigenvalue weighted by atomic mass is 32.3. The van der Waals surface area contributed by atoms with Gasteiger partial charge in [0.2, 0.25) is 5.69 Å². The number of thiazole rings is 1. The van der Waals surface area contributed by atoms with E-state index in [1.807, 2.05) is 33.0 Å². The molecule has 1 aliphatic heterocycles. The molecule has 260 valence electrons. The lowest BCUT2D eigenvalue weighted by Crippen LogP contribution is -2.76. The van der Waals surface area contributed by atoms with Gasteiger partial charge in [0.25, 0.3) is 17.9 Å². The van der Waals surface area contributed by atoms with Crippen LogP contribution in [0.15, 0.2) is 34.8 Å². The van der Waals surface area contributed by atoms with E-state index in [-0.39, 0.29) is 10.8 Å². The molecule has 1 saturated heterocycles. The van der Waals surface area contributed by atoms with E-state index < -0.39 is 58.2 Å². The Labute approximate surface area is 279 Å². The Kier molecular flexibility index (Phi) is 10.7. The molecule has 1 fully saturated rings. The molecule has 2 atom stereocenters. The largest absolute Gasteiger partial charge is 0.489 e. The number of amides is 2. The summed E-state index contributed by atoms with van der Waals surface area (Å²) in [5.74, 6) is -3.10. The smallest absolute Gasteiger partial charge is 0.418 e. The fourth-order valence-corrected chi connectivity index (χ4v) is 6.11. The third-order valence-corrected chi connectivity index (χ3v) is 8.74. The number of aliphatic carboxylic acids is 1. The third kappa shape index (κ3) is 7.73. The van der Waals surface area contributed by atoms with Crippen molar-refractivity contribution in [2.75, 3.05) is 18.9 Å². The molecule has 1 aromatic carbocycles. The number of benzene rings is 1. The number of nitrogen functional groups attached to an aromatic ring is 1. The first-order valence-corrected chi connectivity index (χ1v) is 16.7. The normalized spacial score (nSPS) is 16.7. The zero-order valence-electron chi connectivity index (χ0n) is 26.7. The summed E-state index contributed by atoms with van der Waals surface area (Å²) in [7, 11) is -3.03. The number of β-lactam (4-membered cyclic amide) rings is 1. The molecule has 48 heavy (non-hydrogen) atoms. The molecule has 0 saturated carbocycles. The summed E-state index contributed by atoms with van der Waals surface area (Å²) in [6, 6.07) is 5.77. The molecule has 0 aliphatic carbocycles. The number of hydrogen-bond acceptors (Lipinski definition) is 13. The van der Waals surface area contributed by atoms with Crippen LogP contribution in [-0.4, -0.2) is 87.1 Å². The average molecular weight is 710 g/mol. The molecular formula is C28H37N8O10S2+. The van der Waals surface area contributed by atoms with Crippen LogP contribution in [-0.2, 0) is 47.5 Å². The highest BCUT2D eigenvalue weighted by molar-refractivity contribution is 7.80. The topological polar surface area (TPSA) is 255 Å². The number of carbonyl (C=O) groups is 3. The van der Waals surface area contributed by atoms with E-state index >= 15 is 0 Å². The number of anilines is 1. The molecule has 1 aliphatic rings. The molecule has 20 heteroatoms. The number of ether oxygens (including phenoxy) is 1. The van der Waals surface area contributed by atoms with E-state index in [9.17, 15) is 27.9 Å². The number of nitrogens with one attached hydrogen (secondary N) is 1. The molecule has 4 rings (SSSR count). The van der Waals surface area contributed by atoms with Gasteiger partial charge in [-0.25, -0.2) is 9.78 Å². The molecular weight excluding hydrogens is 672 g/mol. The zero-order chi connectivity index (χ0) is 35.6. The number of aromatic nitrogens is 3. The number of carbonyl (C=O) groups excluding carboxylic acids is 2. The predicted molar refractivity (Wildman–Crippen MR) is 171 cm³/mol. The van der Waals surface area contributed by atoms with Crippen molar-refractivity contribution >= 4 is 50.4 Å². The number of oxime groups is 1. The molecule has 2 amide bonds. The van der Waals surface area contributed by atoms with Gasteiger partial charge in [-0.3, -0.25) is 14.1 Å². The summed E-state index contributed by atoms with van der Waals surface area (Å²) in [5, 5.41) is 17.7. The van der Waals surface area contributed by atoms with Crippen LogP contribution in [0, 0.1) is 13.8 Å². The standard InChI is InChI=1S/C28H36N8O10S2/c1-15-21(16(2)35(34(15)5)12-6-11-29)17-7-9-18(10-8-17)44-13-20(26(39)40)45-33-22(19-14-47-27(30)31-19)24(37)32-23-25(38)36(28(23,3)4)46-48(41,42)43/h7-10,14,20,23H,6,11-13,29H2,1-5H3,(H4-,30,31,32,37,39,40,41,42,43)/p+1. The van der Waals surface area contributed by atoms with Crippen molar-refractivity contribution in [2.45, 2.75) is 58.3 Å². The van der Waals surface area contributed by atoms with Gasteiger partial charge in [-0.05, 0) is 51.4 Å². The van der Waals surface area contributed by atoms with Crippen LogP contribution in [0.5, 0.6) is 5.75 Å². The van der Waals surface area contributed by atoms with Crippen LogP contribution < -0.4 is 26.2 Å². The van der Waals surface area contributed by atoms with E-state index in [2.05, 4.69) is 29.1 Å². The second-order valence-electron chi connectivity index (χ2n) is 11.3. The van der Waals surface area contributed by atoms with Gasteiger partial charge in [-0.1, -0.05) is 17.3 Å². The highest BCUT2D eigenvalue weighted by Crippen LogP contribution is 2.33. The van der Waals surface area contributed by atoms with Crippen LogP contribution >= 0.6 is 11.3 Å². The average Bonchev–Trinajstić information content (AvgIpc) is 3.53. The Morgan fingerprint density at radius 2 is 1.92 bits per heavy atom. The fraction of sp³-hybridized carbons (Fsp3) is 0.429. The van der Waals surface area contributed by atoms with Gasteiger partial charge in [0, 0.05) is 12.3 Å². The van der Waals surface area contributed by atoms with Gasteiger partial charge in [0.15, 0.2) is 17.9 Å². The summed E-state index contributed by atoms with van der Waals surface area (Å²) < 4.78 is 45.4. The summed E-state index contributed by atoms with van der Waals surface area (Å²) in [5.41, 5.74) is 13.5. The van der Waals surface area contributed by atoms with Gasteiger partial charge in [0.05, 0.1) is 23.3 Å². The molecule has 2 unspecified atom stereocenters. The third-order valence-electron chi connectivity index (χ3n) is 7.72. The van der Waals surface area contributed by atoms with Crippen molar-refractivity contribution in [1.29, 1.82) is 0 Å². The zero-order valence-corrected chi connectivity index (χ0v) is 28.4. The van der Waals surface area contributed by atoms with Crippen molar-refractivity contribution in [3.8, 4) is 16.9 Å². The van der Waals surface area contributed by atoms with Gasteiger partial charge in [0.1, 0.15) is 24.1 Å². The molecule has 18 nitrogen and oxygen atoms in total. The number of hydroxylamine groups is 2. The predicted octanol–water partition coefficient (Wildman–Crippen LogP) is 0.0768. The van der Waals surface area contributed by atoms with E-state index in [1.54, 1.807) is 12.1 Å². The summed E-state index contributed by atoms with van der Waals surface area (Å²) in [6.45, 7) is 7.65. The van der Waals surface area contributed by atoms with Crippen LogP contribution in [0.4, 0.5) is 5.13 Å². The molecule has 3 heterocycles. The molecule has 0 spiro atoms. The van der Waals surface area contributed by atoms with E-state index in [4.69, 9.17) is 25.6 Å². The summed E-state index contributed by atoms with van der Waals surface area (Å²) >= 11 is 0.962. The van der Waals surface area contributed by atoms with E-state index in [0.29, 0.717) is 17.4 Å². The van der Waals surface area contributed by atoms with Crippen molar-refractivity contribution in [3.05, 3.63) is 46.7 Å². The Hall–Kier alpha value is -4.63. The van der Waals surface area contributed by atoms with Gasteiger partial charge in [-0.15, -0.1) is 20.3 Å². The molecule has 2 aromatic heterocycles. The van der Waals surface area contributed by atoms with Crippen LogP contribution in [0.25, 0.3) is 11.1 Å². The van der Waals surface area contributed by atoms with Crippen LogP contribution in [0.2, 0.25) is 0 Å².